The molecule has 0 N–H and O–H groups in total. The highest BCUT2D eigenvalue weighted by atomic mass is 32.2. The predicted octanol–water partition coefficient (Wildman–Crippen LogP) is 6.47. The van der Waals surface area contributed by atoms with Gasteiger partial charge in [0, 0.05) is 19.6 Å². The predicted molar refractivity (Wildman–Crippen MR) is 156 cm³/mol. The van der Waals surface area contributed by atoms with Gasteiger partial charge in [-0.3, -0.25) is 4.90 Å². The number of fused-ring (bicyclic) bond motifs is 5. The van der Waals surface area contributed by atoms with Crippen molar-refractivity contribution in [2.75, 3.05) is 19.7 Å². The van der Waals surface area contributed by atoms with Crippen LogP contribution in [-0.4, -0.2) is 45.6 Å². The fourth-order valence-electron chi connectivity index (χ4n) is 5.65. The quantitative estimate of drug-likeness (QED) is 0.317. The Morgan fingerprint density at radius 3 is 2.24 bits per heavy atom. The van der Waals surface area contributed by atoms with Crippen molar-refractivity contribution in [3.8, 4) is 0 Å². The van der Waals surface area contributed by atoms with E-state index in [1.54, 1.807) is 12.1 Å². The number of hydrogen-bond acceptors (Lipinski definition) is 4. The molecule has 38 heavy (non-hydrogen) atoms. The summed E-state index contributed by atoms with van der Waals surface area (Å²) in [5.41, 5.74) is 3.63. The van der Waals surface area contributed by atoms with E-state index in [1.807, 2.05) is 41.6 Å². The molecular weight excluding hydrogens is 509 g/mol. The van der Waals surface area contributed by atoms with Crippen LogP contribution < -0.4 is 0 Å². The van der Waals surface area contributed by atoms with Gasteiger partial charge in [-0.2, -0.15) is 4.31 Å². The minimum Gasteiger partial charge on any atom is -0.414 e. The number of aryl methyl sites for hydroxylation is 1. The first kappa shape index (κ1) is 27.3. The highest BCUT2D eigenvalue weighted by molar-refractivity contribution is 7.89. The van der Waals surface area contributed by atoms with Crippen LogP contribution in [0.1, 0.15) is 49.1 Å². The Morgan fingerprint density at radius 1 is 0.947 bits per heavy atom. The minimum absolute atomic E-state index is 0.0141. The lowest BCUT2D eigenvalue weighted by Gasteiger charge is -2.50. The molecule has 0 aromatic heterocycles. The van der Waals surface area contributed by atoms with Gasteiger partial charge in [0.2, 0.25) is 10.0 Å². The maximum Gasteiger partial charge on any atom is 0.244 e. The maximum atomic E-state index is 14.5. The fourth-order valence-corrected chi connectivity index (χ4v) is 8.57. The molecule has 2 atom stereocenters. The molecule has 0 unspecified atom stereocenters. The molecule has 3 aromatic rings. The molecule has 7 heteroatoms. The number of nitrogens with zero attached hydrogens (tertiary/aromatic N) is 2. The van der Waals surface area contributed by atoms with Crippen molar-refractivity contribution in [3.63, 3.8) is 0 Å². The van der Waals surface area contributed by atoms with Crippen LogP contribution in [0.15, 0.2) is 83.8 Å². The van der Waals surface area contributed by atoms with Gasteiger partial charge in [-0.1, -0.05) is 93.1 Å². The van der Waals surface area contributed by atoms with Crippen molar-refractivity contribution in [2.45, 2.75) is 68.8 Å². The van der Waals surface area contributed by atoms with E-state index in [2.05, 4.69) is 75.2 Å². The Balaban J connectivity index is 1.63. The summed E-state index contributed by atoms with van der Waals surface area (Å²) in [6, 6.07) is 25.7. The van der Waals surface area contributed by atoms with Crippen LogP contribution in [0.2, 0.25) is 18.1 Å². The zero-order valence-corrected chi connectivity index (χ0v) is 25.3. The third-order valence-electron chi connectivity index (χ3n) is 8.75. The zero-order valence-electron chi connectivity index (χ0n) is 23.4. The first-order valence-electron chi connectivity index (χ1n) is 13.5. The van der Waals surface area contributed by atoms with E-state index >= 15 is 0 Å². The number of benzene rings is 3. The highest BCUT2D eigenvalue weighted by Crippen LogP contribution is 2.54. The first-order chi connectivity index (χ1) is 17.8. The Hall–Kier alpha value is -2.29. The summed E-state index contributed by atoms with van der Waals surface area (Å²) >= 11 is 0. The largest absolute Gasteiger partial charge is 0.414 e. The third-order valence-corrected chi connectivity index (χ3v) is 15.2. The zero-order chi connectivity index (χ0) is 27.3. The van der Waals surface area contributed by atoms with Gasteiger partial charge < -0.3 is 4.43 Å². The second-order valence-corrected chi connectivity index (χ2v) is 19.1. The summed E-state index contributed by atoms with van der Waals surface area (Å²) in [6.07, 6.45) is 0. The number of hydrogen-bond donors (Lipinski definition) is 0. The summed E-state index contributed by atoms with van der Waals surface area (Å²) in [5, 5.41) is 0.0141. The van der Waals surface area contributed by atoms with E-state index in [-0.39, 0.29) is 11.1 Å². The number of sulfonamides is 1. The first-order valence-corrected chi connectivity index (χ1v) is 17.8. The highest BCUT2D eigenvalue weighted by Gasteiger charge is 2.60. The van der Waals surface area contributed by atoms with Crippen molar-refractivity contribution in [1.29, 1.82) is 0 Å². The van der Waals surface area contributed by atoms with Crippen LogP contribution in [0.3, 0.4) is 0 Å². The fraction of sp³-hybridized carbons (Fsp3) is 0.419. The molecule has 0 radical (unpaired) electrons. The molecule has 1 fully saturated rings. The van der Waals surface area contributed by atoms with Crippen molar-refractivity contribution in [3.05, 3.63) is 101 Å². The molecule has 2 heterocycles. The number of piperazine rings is 1. The van der Waals surface area contributed by atoms with Crippen LogP contribution >= 0.6 is 0 Å². The second kappa shape index (κ2) is 9.72. The molecule has 1 saturated heterocycles. The molecule has 2 aliphatic rings. The van der Waals surface area contributed by atoms with Crippen molar-refractivity contribution in [1.82, 2.24) is 9.21 Å². The van der Waals surface area contributed by atoms with E-state index in [0.29, 0.717) is 24.6 Å². The van der Waals surface area contributed by atoms with Gasteiger partial charge in [0.1, 0.15) is 0 Å². The van der Waals surface area contributed by atoms with Gasteiger partial charge in [-0.05, 0) is 53.9 Å². The van der Waals surface area contributed by atoms with Gasteiger partial charge in [0.15, 0.2) is 8.32 Å². The summed E-state index contributed by atoms with van der Waals surface area (Å²) in [5.74, 6) is 0. The maximum absolute atomic E-state index is 14.5. The van der Waals surface area contributed by atoms with Crippen LogP contribution in [0.4, 0.5) is 0 Å². The van der Waals surface area contributed by atoms with Crippen molar-refractivity contribution in [2.24, 2.45) is 0 Å². The summed E-state index contributed by atoms with van der Waals surface area (Å²) in [6.45, 7) is 15.5. The molecule has 0 saturated carbocycles. The molecule has 3 aromatic carbocycles. The van der Waals surface area contributed by atoms with Gasteiger partial charge in [-0.15, -0.1) is 0 Å². The molecule has 5 rings (SSSR count). The van der Waals surface area contributed by atoms with Crippen LogP contribution in [0, 0.1) is 6.92 Å². The minimum atomic E-state index is -3.80. The lowest BCUT2D eigenvalue weighted by molar-refractivity contribution is -0.00382. The monoisotopic (exact) mass is 548 g/mol. The lowest BCUT2D eigenvalue weighted by atomic mass is 9.91. The lowest BCUT2D eigenvalue weighted by Crippen LogP contribution is -2.61. The smallest absolute Gasteiger partial charge is 0.244 e. The SMILES string of the molecule is Cc1ccc(S(=O)(=O)N2[C@H]3CN(Cc4ccccc4)C[C@]2(CO[Si](C)(C)C(C)(C)C)c2ccccc23)cc1. The molecule has 2 bridgehead atoms. The molecule has 0 amide bonds. The average Bonchev–Trinajstić information content (AvgIpc) is 3.06. The van der Waals surface area contributed by atoms with Crippen LogP contribution in [0.5, 0.6) is 0 Å². The topological polar surface area (TPSA) is 49.9 Å². The Kier molecular flexibility index (Phi) is 6.98. The van der Waals surface area contributed by atoms with Gasteiger partial charge in [-0.25, -0.2) is 8.42 Å². The Bertz CT molecular complexity index is 1400. The van der Waals surface area contributed by atoms with Gasteiger partial charge in [0.05, 0.1) is 23.1 Å². The second-order valence-electron chi connectivity index (χ2n) is 12.5. The Morgan fingerprint density at radius 2 is 1.58 bits per heavy atom. The molecule has 0 aliphatic carbocycles. The van der Waals surface area contributed by atoms with Gasteiger partial charge in [0.25, 0.3) is 0 Å². The van der Waals surface area contributed by atoms with Crippen LogP contribution in [-0.2, 0) is 26.5 Å². The van der Waals surface area contributed by atoms with E-state index in [1.165, 1.54) is 5.56 Å². The molecule has 5 nitrogen and oxygen atoms in total. The molecule has 2 aliphatic heterocycles. The van der Waals surface area contributed by atoms with Crippen molar-refractivity contribution >= 4 is 18.3 Å². The summed E-state index contributed by atoms with van der Waals surface area (Å²) < 4.78 is 37.7. The summed E-state index contributed by atoms with van der Waals surface area (Å²) in [4.78, 5) is 2.75. The third kappa shape index (κ3) is 4.69. The normalized spacial score (nSPS) is 22.4. The standard InChI is InChI=1S/C31H40N2O3SSi/c1-24-16-18-26(19-17-24)37(34,35)33-29-21-32(20-25-12-8-7-9-13-25)22-31(33,28-15-11-10-14-27(28)29)23-36-38(5,6)30(2,3)4/h7-19,29H,20-23H2,1-6H3/t29-,31-/m0/s1. The molecule has 0 spiro atoms. The molecule has 202 valence electrons. The van der Waals surface area contributed by atoms with E-state index < -0.39 is 23.9 Å². The van der Waals surface area contributed by atoms with E-state index in [9.17, 15) is 8.42 Å². The molecular formula is C31H40N2O3SSi. The van der Waals surface area contributed by atoms with Crippen molar-refractivity contribution < 1.29 is 12.8 Å². The van der Waals surface area contributed by atoms with E-state index in [4.69, 9.17) is 4.43 Å². The van der Waals surface area contributed by atoms with Crippen LogP contribution in [0.25, 0.3) is 0 Å². The summed E-state index contributed by atoms with van der Waals surface area (Å²) in [7, 11) is -5.96. The number of rotatable bonds is 7. The van der Waals surface area contributed by atoms with Gasteiger partial charge >= 0.3 is 0 Å². The Labute approximate surface area is 229 Å². The van der Waals surface area contributed by atoms with E-state index in [0.717, 1.165) is 23.2 Å². The average molecular weight is 549 g/mol.